The molecule has 2 nitrogen and oxygen atoms in total. The van der Waals surface area contributed by atoms with Crippen LogP contribution in [-0.4, -0.2) is 9.55 Å². The molecule has 5 heteroatoms. The Balaban J connectivity index is 1.80. The largest absolute Gasteiger partial charge is 0.323 e. The van der Waals surface area contributed by atoms with Crippen LogP contribution in [0.5, 0.6) is 0 Å². The molecule has 0 aliphatic heterocycles. The van der Waals surface area contributed by atoms with Crippen molar-refractivity contribution in [2.75, 3.05) is 0 Å². The van der Waals surface area contributed by atoms with E-state index in [1.165, 1.54) is 5.56 Å². The molecular weight excluding hydrogens is 431 g/mol. The summed E-state index contributed by atoms with van der Waals surface area (Å²) in [4.78, 5) is 4.84. The molecule has 3 aromatic carbocycles. The Labute approximate surface area is 170 Å². The molecule has 1 heterocycles. The molecule has 0 amide bonds. The summed E-state index contributed by atoms with van der Waals surface area (Å²) in [6.45, 7) is 0.741. The van der Waals surface area contributed by atoms with Gasteiger partial charge in [0.25, 0.3) is 0 Å². The van der Waals surface area contributed by atoms with Crippen molar-refractivity contribution in [2.24, 2.45) is 0 Å². The molecule has 0 radical (unpaired) electrons. The highest BCUT2D eigenvalue weighted by atomic mass is 79.9. The minimum absolute atomic E-state index is 0.587. The minimum Gasteiger partial charge on any atom is -0.323 e. The molecule has 130 valence electrons. The van der Waals surface area contributed by atoms with Crippen LogP contribution in [0, 0.1) is 0 Å². The van der Waals surface area contributed by atoms with Gasteiger partial charge in [-0.25, -0.2) is 4.98 Å². The van der Waals surface area contributed by atoms with Crippen LogP contribution in [0.25, 0.3) is 11.0 Å². The first kappa shape index (κ1) is 17.6. The van der Waals surface area contributed by atoms with Crippen LogP contribution < -0.4 is 0 Å². The van der Waals surface area contributed by atoms with Crippen molar-refractivity contribution in [1.82, 2.24) is 9.55 Å². The third-order valence-electron chi connectivity index (χ3n) is 4.38. The van der Waals surface area contributed by atoms with Crippen molar-refractivity contribution < 1.29 is 0 Å². The fourth-order valence-electron chi connectivity index (χ4n) is 3.07. The highest BCUT2D eigenvalue weighted by molar-refractivity contribution is 9.10. The molecule has 0 saturated carbocycles. The van der Waals surface area contributed by atoms with Gasteiger partial charge in [0, 0.05) is 27.5 Å². The summed E-state index contributed by atoms with van der Waals surface area (Å²) >= 11 is 16.3. The van der Waals surface area contributed by atoms with Crippen LogP contribution in [0.1, 0.15) is 17.0 Å². The van der Waals surface area contributed by atoms with E-state index in [1.807, 2.05) is 36.4 Å². The lowest BCUT2D eigenvalue weighted by molar-refractivity contribution is 0.762. The number of fused-ring (bicyclic) bond motifs is 1. The van der Waals surface area contributed by atoms with Crippen molar-refractivity contribution in [3.63, 3.8) is 0 Å². The Morgan fingerprint density at radius 3 is 2.27 bits per heavy atom. The lowest BCUT2D eigenvalue weighted by Gasteiger charge is -2.11. The van der Waals surface area contributed by atoms with E-state index in [0.717, 1.165) is 33.4 Å². The van der Waals surface area contributed by atoms with Crippen molar-refractivity contribution in [1.29, 1.82) is 0 Å². The number of imidazole rings is 1. The van der Waals surface area contributed by atoms with Gasteiger partial charge in [0.05, 0.1) is 11.0 Å². The Hall–Kier alpha value is -1.81. The highest BCUT2D eigenvalue weighted by Gasteiger charge is 2.15. The van der Waals surface area contributed by atoms with Gasteiger partial charge in [0.15, 0.2) is 0 Å². The predicted octanol–water partition coefficient (Wildman–Crippen LogP) is 6.74. The van der Waals surface area contributed by atoms with Gasteiger partial charge in [-0.2, -0.15) is 0 Å². The van der Waals surface area contributed by atoms with E-state index in [1.54, 1.807) is 0 Å². The van der Waals surface area contributed by atoms with Gasteiger partial charge in [-0.05, 0) is 47.5 Å². The molecular formula is C21H15BrCl2N2. The predicted molar refractivity (Wildman–Crippen MR) is 112 cm³/mol. The first-order valence-corrected chi connectivity index (χ1v) is 9.78. The zero-order valence-electron chi connectivity index (χ0n) is 13.8. The first-order valence-electron chi connectivity index (χ1n) is 8.23. The van der Waals surface area contributed by atoms with Gasteiger partial charge in [-0.1, -0.05) is 69.5 Å². The Morgan fingerprint density at radius 2 is 1.54 bits per heavy atom. The monoisotopic (exact) mass is 444 g/mol. The average molecular weight is 446 g/mol. The van der Waals surface area contributed by atoms with Gasteiger partial charge < -0.3 is 4.57 Å². The molecule has 4 aromatic rings. The van der Waals surface area contributed by atoms with Gasteiger partial charge in [0.1, 0.15) is 5.82 Å². The Kier molecular flexibility index (Phi) is 5.03. The van der Waals surface area contributed by atoms with E-state index in [0.29, 0.717) is 16.5 Å². The fourth-order valence-corrected chi connectivity index (χ4v) is 3.86. The second-order valence-electron chi connectivity index (χ2n) is 6.11. The van der Waals surface area contributed by atoms with Crippen molar-refractivity contribution in [3.05, 3.63) is 98.2 Å². The van der Waals surface area contributed by atoms with E-state index in [-0.39, 0.29) is 0 Å². The number of nitrogens with zero attached hydrogens (tertiary/aromatic N) is 2. The lowest BCUT2D eigenvalue weighted by Crippen LogP contribution is -2.06. The van der Waals surface area contributed by atoms with Crippen molar-refractivity contribution in [2.45, 2.75) is 13.0 Å². The summed E-state index contributed by atoms with van der Waals surface area (Å²) < 4.78 is 3.30. The van der Waals surface area contributed by atoms with Gasteiger partial charge in [0.2, 0.25) is 0 Å². The number of hydrogen-bond acceptors (Lipinski definition) is 1. The molecule has 0 fully saturated rings. The molecule has 26 heavy (non-hydrogen) atoms. The molecule has 4 rings (SSSR count). The summed E-state index contributed by atoms with van der Waals surface area (Å²) in [7, 11) is 0. The maximum Gasteiger partial charge on any atom is 0.114 e. The van der Waals surface area contributed by atoms with Crippen LogP contribution >= 0.6 is 39.1 Å². The van der Waals surface area contributed by atoms with Crippen LogP contribution in [0.4, 0.5) is 0 Å². The van der Waals surface area contributed by atoms with E-state index >= 15 is 0 Å². The highest BCUT2D eigenvalue weighted by Crippen LogP contribution is 2.28. The molecule has 1 aromatic heterocycles. The molecule has 0 saturated heterocycles. The third-order valence-corrected chi connectivity index (χ3v) is 5.62. The first-order chi connectivity index (χ1) is 12.6. The number of para-hydroxylation sites is 2. The van der Waals surface area contributed by atoms with E-state index in [4.69, 9.17) is 28.2 Å². The summed E-state index contributed by atoms with van der Waals surface area (Å²) in [5, 5.41) is 1.33. The Morgan fingerprint density at radius 1 is 0.846 bits per heavy atom. The van der Waals surface area contributed by atoms with Crippen LogP contribution in [0.15, 0.2) is 71.2 Å². The normalized spacial score (nSPS) is 11.2. The number of rotatable bonds is 4. The van der Waals surface area contributed by atoms with E-state index in [2.05, 4.69) is 50.8 Å². The van der Waals surface area contributed by atoms with Crippen LogP contribution in [0.2, 0.25) is 10.0 Å². The molecule has 0 aliphatic carbocycles. The van der Waals surface area contributed by atoms with Gasteiger partial charge in [-0.15, -0.1) is 0 Å². The topological polar surface area (TPSA) is 17.8 Å². The third kappa shape index (κ3) is 3.52. The lowest BCUT2D eigenvalue weighted by atomic mass is 10.1. The maximum atomic E-state index is 6.38. The molecule has 0 N–H and O–H groups in total. The summed E-state index contributed by atoms with van der Waals surface area (Å²) in [6, 6.07) is 22.1. The van der Waals surface area contributed by atoms with Gasteiger partial charge >= 0.3 is 0 Å². The number of benzene rings is 3. The van der Waals surface area contributed by atoms with Crippen molar-refractivity contribution in [3.8, 4) is 0 Å². The van der Waals surface area contributed by atoms with E-state index < -0.39 is 0 Å². The quantitative estimate of drug-likeness (QED) is 0.339. The SMILES string of the molecule is Clc1cccc(Cl)c1Cc1nc2ccccc2n1Cc1ccc(Br)cc1. The summed E-state index contributed by atoms with van der Waals surface area (Å²) in [6.07, 6.45) is 0.587. The summed E-state index contributed by atoms with van der Waals surface area (Å²) in [5.74, 6) is 0.948. The van der Waals surface area contributed by atoms with Crippen LogP contribution in [-0.2, 0) is 13.0 Å². The fraction of sp³-hybridized carbons (Fsp3) is 0.0952. The zero-order valence-corrected chi connectivity index (χ0v) is 16.9. The standard InChI is InChI=1S/C21H15BrCl2N2/c22-15-10-8-14(9-11-15)13-26-20-7-2-1-6-19(20)25-21(26)12-16-17(23)4-3-5-18(16)24/h1-11H,12-13H2. The number of halogens is 3. The van der Waals surface area contributed by atoms with Gasteiger partial charge in [-0.3, -0.25) is 0 Å². The second-order valence-corrected chi connectivity index (χ2v) is 7.84. The zero-order chi connectivity index (χ0) is 18.1. The minimum atomic E-state index is 0.587. The molecule has 0 unspecified atom stereocenters. The van der Waals surface area contributed by atoms with E-state index in [9.17, 15) is 0 Å². The molecule has 0 bridgehead atoms. The Bertz CT molecular complexity index is 1050. The summed E-state index contributed by atoms with van der Waals surface area (Å²) in [5.41, 5.74) is 4.20. The molecule has 0 spiro atoms. The van der Waals surface area contributed by atoms with Crippen LogP contribution in [0.3, 0.4) is 0 Å². The van der Waals surface area contributed by atoms with Crippen molar-refractivity contribution >= 4 is 50.2 Å². The number of aromatic nitrogens is 2. The maximum absolute atomic E-state index is 6.38. The second kappa shape index (κ2) is 7.43. The molecule has 0 aliphatic rings. The average Bonchev–Trinajstić information content (AvgIpc) is 2.98. The number of hydrogen-bond donors (Lipinski definition) is 0. The smallest absolute Gasteiger partial charge is 0.114 e. The molecule has 0 atom stereocenters.